The highest BCUT2D eigenvalue weighted by molar-refractivity contribution is 5.92. The van der Waals surface area contributed by atoms with Crippen LogP contribution in [-0.2, 0) is 17.7 Å². The van der Waals surface area contributed by atoms with E-state index in [1.165, 1.54) is 0 Å². The molecule has 1 aliphatic heterocycles. The summed E-state index contributed by atoms with van der Waals surface area (Å²) >= 11 is 0. The van der Waals surface area contributed by atoms with Gasteiger partial charge in [0, 0.05) is 25.4 Å². The number of aromatic nitrogens is 2. The lowest BCUT2D eigenvalue weighted by Crippen LogP contribution is -2.38. The number of nitrogens with zero attached hydrogens (tertiary/aromatic N) is 2. The molecule has 0 radical (unpaired) electrons. The second kappa shape index (κ2) is 9.15. The van der Waals surface area contributed by atoms with E-state index in [0.29, 0.717) is 25.4 Å². The first-order chi connectivity index (χ1) is 13.4. The Labute approximate surface area is 165 Å². The largest absolute Gasteiger partial charge is 0.376 e. The Balaban J connectivity index is 1.88. The Morgan fingerprint density at radius 1 is 1.36 bits per heavy atom. The summed E-state index contributed by atoms with van der Waals surface area (Å²) in [7, 11) is 0. The first-order valence-corrected chi connectivity index (χ1v) is 9.98. The van der Waals surface area contributed by atoms with E-state index < -0.39 is 5.69 Å². The van der Waals surface area contributed by atoms with E-state index in [9.17, 15) is 9.59 Å². The molecule has 1 aromatic heterocycles. The number of hydrogen-bond acceptors (Lipinski definition) is 4. The van der Waals surface area contributed by atoms with Crippen molar-refractivity contribution in [2.75, 3.05) is 13.2 Å². The fourth-order valence-electron chi connectivity index (χ4n) is 3.58. The van der Waals surface area contributed by atoms with Gasteiger partial charge in [-0.3, -0.25) is 4.79 Å². The van der Waals surface area contributed by atoms with Crippen molar-refractivity contribution >= 4 is 5.91 Å². The summed E-state index contributed by atoms with van der Waals surface area (Å²) in [5.74, 6) is 0.144. The van der Waals surface area contributed by atoms with Crippen molar-refractivity contribution in [1.82, 2.24) is 14.9 Å². The molecule has 1 saturated heterocycles. The summed E-state index contributed by atoms with van der Waals surface area (Å²) in [4.78, 5) is 33.8. The van der Waals surface area contributed by atoms with E-state index in [1.807, 2.05) is 31.2 Å². The molecular formula is C22H29N3O3. The van der Waals surface area contributed by atoms with Gasteiger partial charge in [-0.05, 0) is 49.3 Å². The van der Waals surface area contributed by atoms with Crippen LogP contribution in [0.3, 0.4) is 0 Å². The maximum Gasteiger partial charge on any atom is 0.345 e. The van der Waals surface area contributed by atoms with Gasteiger partial charge in [0.25, 0.3) is 5.91 Å². The number of carbonyl (C=O) groups excluding carboxylic acids is 1. The first-order valence-electron chi connectivity index (χ1n) is 9.98. The van der Waals surface area contributed by atoms with E-state index in [2.05, 4.69) is 23.8 Å². The van der Waals surface area contributed by atoms with Crippen molar-refractivity contribution in [2.24, 2.45) is 5.92 Å². The van der Waals surface area contributed by atoms with E-state index in [1.54, 1.807) is 11.0 Å². The highest BCUT2D eigenvalue weighted by Crippen LogP contribution is 2.18. The molecule has 28 heavy (non-hydrogen) atoms. The number of carbonyl (C=O) groups is 1. The number of ether oxygens (including phenoxy) is 1. The molecule has 6 heteroatoms. The SMILES string of the molecule is Cc1ccccc1CN(CC1CCCO1)C(=O)c1cc(CC(C)C)[nH]c(=O)n1. The zero-order valence-electron chi connectivity index (χ0n) is 16.9. The van der Waals surface area contributed by atoms with Crippen molar-refractivity contribution < 1.29 is 9.53 Å². The van der Waals surface area contributed by atoms with Crippen LogP contribution >= 0.6 is 0 Å². The number of H-pyrrole nitrogens is 1. The highest BCUT2D eigenvalue weighted by atomic mass is 16.5. The minimum Gasteiger partial charge on any atom is -0.376 e. The molecule has 6 nitrogen and oxygen atoms in total. The number of nitrogens with one attached hydrogen (secondary N) is 1. The molecule has 1 unspecified atom stereocenters. The van der Waals surface area contributed by atoms with Crippen LogP contribution in [0.1, 0.15) is 54.0 Å². The van der Waals surface area contributed by atoms with E-state index in [0.717, 1.165) is 36.3 Å². The zero-order chi connectivity index (χ0) is 20.1. The van der Waals surface area contributed by atoms with Gasteiger partial charge in [0.05, 0.1) is 6.10 Å². The van der Waals surface area contributed by atoms with E-state index >= 15 is 0 Å². The first kappa shape index (κ1) is 20.3. The van der Waals surface area contributed by atoms with Crippen LogP contribution < -0.4 is 5.69 Å². The van der Waals surface area contributed by atoms with Gasteiger partial charge in [0.1, 0.15) is 5.69 Å². The third kappa shape index (κ3) is 5.29. The maximum atomic E-state index is 13.3. The molecular weight excluding hydrogens is 354 g/mol. The van der Waals surface area contributed by atoms with Gasteiger partial charge in [-0.2, -0.15) is 4.98 Å². The van der Waals surface area contributed by atoms with Crippen molar-refractivity contribution in [1.29, 1.82) is 0 Å². The highest BCUT2D eigenvalue weighted by Gasteiger charge is 2.25. The fourth-order valence-corrected chi connectivity index (χ4v) is 3.58. The Bertz CT molecular complexity index is 869. The Morgan fingerprint density at radius 2 is 2.14 bits per heavy atom. The lowest BCUT2D eigenvalue weighted by atomic mass is 10.1. The van der Waals surface area contributed by atoms with Crippen molar-refractivity contribution in [3.8, 4) is 0 Å². The molecule has 1 N–H and O–H groups in total. The van der Waals surface area contributed by atoms with Gasteiger partial charge < -0.3 is 14.6 Å². The molecule has 0 spiro atoms. The Morgan fingerprint density at radius 3 is 2.82 bits per heavy atom. The molecule has 2 heterocycles. The van der Waals surface area contributed by atoms with Crippen LogP contribution in [0.2, 0.25) is 0 Å². The second-order valence-corrected chi connectivity index (χ2v) is 7.94. The van der Waals surface area contributed by atoms with E-state index in [4.69, 9.17) is 4.74 Å². The fraction of sp³-hybridized carbons (Fsp3) is 0.500. The van der Waals surface area contributed by atoms with Gasteiger partial charge in [-0.1, -0.05) is 38.1 Å². The summed E-state index contributed by atoms with van der Waals surface area (Å²) in [6, 6.07) is 9.74. The molecule has 0 aliphatic carbocycles. The molecule has 150 valence electrons. The Kier molecular flexibility index (Phi) is 6.62. The third-order valence-corrected chi connectivity index (χ3v) is 5.01. The minimum absolute atomic E-state index is 0.0325. The van der Waals surface area contributed by atoms with Crippen LogP contribution in [0.5, 0.6) is 0 Å². The topological polar surface area (TPSA) is 75.3 Å². The molecule has 3 rings (SSSR count). The number of benzene rings is 1. The summed E-state index contributed by atoms with van der Waals surface area (Å²) in [5.41, 5.74) is 2.68. The van der Waals surface area contributed by atoms with E-state index in [-0.39, 0.29) is 17.7 Å². The molecule has 1 aliphatic rings. The molecule has 0 saturated carbocycles. The van der Waals surface area contributed by atoms with Gasteiger partial charge in [-0.25, -0.2) is 4.79 Å². The molecule has 0 bridgehead atoms. The number of aryl methyl sites for hydroxylation is 1. The predicted molar refractivity (Wildman–Crippen MR) is 108 cm³/mol. The number of hydrogen-bond donors (Lipinski definition) is 1. The van der Waals surface area contributed by atoms with Crippen LogP contribution in [0, 0.1) is 12.8 Å². The monoisotopic (exact) mass is 383 g/mol. The van der Waals surface area contributed by atoms with Crippen LogP contribution in [0.15, 0.2) is 35.1 Å². The van der Waals surface area contributed by atoms with Crippen LogP contribution in [-0.4, -0.2) is 40.0 Å². The summed E-state index contributed by atoms with van der Waals surface area (Å²) in [5, 5.41) is 0. The van der Waals surface area contributed by atoms with Gasteiger partial charge in [0.15, 0.2) is 0 Å². The number of amides is 1. The van der Waals surface area contributed by atoms with Crippen molar-refractivity contribution in [3.63, 3.8) is 0 Å². The molecule has 2 aromatic rings. The van der Waals surface area contributed by atoms with Crippen LogP contribution in [0.4, 0.5) is 0 Å². The number of aromatic amines is 1. The third-order valence-electron chi connectivity index (χ3n) is 5.01. The smallest absolute Gasteiger partial charge is 0.345 e. The summed E-state index contributed by atoms with van der Waals surface area (Å²) in [6.45, 7) is 7.89. The second-order valence-electron chi connectivity index (χ2n) is 7.94. The lowest BCUT2D eigenvalue weighted by Gasteiger charge is -2.26. The van der Waals surface area contributed by atoms with Crippen molar-refractivity contribution in [2.45, 2.75) is 52.7 Å². The number of rotatable bonds is 7. The summed E-state index contributed by atoms with van der Waals surface area (Å²) < 4.78 is 5.76. The quantitative estimate of drug-likeness (QED) is 0.797. The predicted octanol–water partition coefficient (Wildman–Crippen LogP) is 3.10. The minimum atomic E-state index is -0.477. The Hall–Kier alpha value is -2.47. The van der Waals surface area contributed by atoms with Crippen LogP contribution in [0.25, 0.3) is 0 Å². The average Bonchev–Trinajstić information content (AvgIpc) is 3.14. The molecule has 1 amide bonds. The van der Waals surface area contributed by atoms with Crippen molar-refractivity contribution in [3.05, 3.63) is 63.3 Å². The lowest BCUT2D eigenvalue weighted by molar-refractivity contribution is 0.0502. The molecule has 1 fully saturated rings. The normalized spacial score (nSPS) is 16.5. The summed E-state index contributed by atoms with van der Waals surface area (Å²) in [6.07, 6.45) is 2.68. The average molecular weight is 383 g/mol. The molecule has 1 atom stereocenters. The van der Waals surface area contributed by atoms with Gasteiger partial charge >= 0.3 is 5.69 Å². The van der Waals surface area contributed by atoms with Gasteiger partial charge in [-0.15, -0.1) is 0 Å². The standard InChI is InChI=1S/C22H29N3O3/c1-15(2)11-18-12-20(24-22(27)23-18)21(26)25(14-19-9-6-10-28-19)13-17-8-5-4-7-16(17)3/h4-5,7-8,12,15,19H,6,9-11,13-14H2,1-3H3,(H,23,24,27). The maximum absolute atomic E-state index is 13.3. The molecule has 1 aromatic carbocycles. The van der Waals surface area contributed by atoms with Gasteiger partial charge in [0.2, 0.25) is 0 Å². The zero-order valence-corrected chi connectivity index (χ0v) is 16.9.